The molecule has 0 aromatic carbocycles. The highest BCUT2D eigenvalue weighted by Gasteiger charge is 2.67. The van der Waals surface area contributed by atoms with Crippen molar-refractivity contribution in [3.63, 3.8) is 0 Å². The number of rotatable bonds is 2. The molecule has 5 heteroatoms. The summed E-state index contributed by atoms with van der Waals surface area (Å²) >= 11 is 0. The van der Waals surface area contributed by atoms with E-state index in [1.165, 1.54) is 20.0 Å². The number of carbonyl (C=O) groups is 2. The number of methoxy groups -OCH3 is 1. The third kappa shape index (κ3) is 1.41. The fourth-order valence-electron chi connectivity index (χ4n) is 4.46. The second-order valence-corrected chi connectivity index (χ2v) is 6.33. The van der Waals surface area contributed by atoms with Gasteiger partial charge < -0.3 is 14.4 Å². The lowest BCUT2D eigenvalue weighted by Crippen LogP contribution is -2.40. The summed E-state index contributed by atoms with van der Waals surface area (Å²) in [4.78, 5) is 26.8. The molecule has 1 spiro atoms. The van der Waals surface area contributed by atoms with Crippen LogP contribution in [0.1, 0.15) is 25.7 Å². The van der Waals surface area contributed by atoms with Crippen LogP contribution in [0.15, 0.2) is 12.2 Å². The van der Waals surface area contributed by atoms with E-state index in [2.05, 4.69) is 0 Å². The second kappa shape index (κ2) is 4.07. The maximum absolute atomic E-state index is 12.8. The van der Waals surface area contributed by atoms with Crippen LogP contribution in [0.3, 0.4) is 0 Å². The molecule has 1 amide bonds. The van der Waals surface area contributed by atoms with Gasteiger partial charge in [0.2, 0.25) is 5.91 Å². The molecule has 0 radical (unpaired) electrons. The van der Waals surface area contributed by atoms with Crippen molar-refractivity contribution in [2.75, 3.05) is 13.7 Å². The Morgan fingerprint density at radius 3 is 2.90 bits per heavy atom. The fraction of sp³-hybridized carbons (Fsp3) is 0.733. The quantitative estimate of drug-likeness (QED) is 0.555. The standard InChI is InChI=1S/C15H19NO4/c1-19-14(18)11-10-6-7-15(20-10)8-16(13(17)12(11)15)9-4-2-3-5-9/h6-7,9-12H,2-5,8H2,1H3/t10-,11+,12+,15+/m1/s1. The smallest absolute Gasteiger partial charge is 0.312 e. The van der Waals surface area contributed by atoms with Crippen molar-refractivity contribution >= 4 is 11.9 Å². The van der Waals surface area contributed by atoms with Gasteiger partial charge in [0.05, 0.1) is 25.7 Å². The van der Waals surface area contributed by atoms with Gasteiger partial charge >= 0.3 is 5.97 Å². The van der Waals surface area contributed by atoms with Crippen molar-refractivity contribution < 1.29 is 19.1 Å². The number of hydrogen-bond donors (Lipinski definition) is 0. The molecular weight excluding hydrogens is 258 g/mol. The number of likely N-dealkylation sites (tertiary alicyclic amines) is 1. The molecule has 4 aliphatic rings. The maximum Gasteiger partial charge on any atom is 0.312 e. The molecule has 3 heterocycles. The first-order valence-electron chi connectivity index (χ1n) is 7.42. The van der Waals surface area contributed by atoms with E-state index in [0.29, 0.717) is 12.6 Å². The highest BCUT2D eigenvalue weighted by atomic mass is 16.5. The van der Waals surface area contributed by atoms with Crippen LogP contribution in [0.5, 0.6) is 0 Å². The van der Waals surface area contributed by atoms with Crippen molar-refractivity contribution in [3.8, 4) is 0 Å². The van der Waals surface area contributed by atoms with Gasteiger partial charge in [0, 0.05) is 6.04 Å². The normalized spacial score (nSPS) is 42.5. The summed E-state index contributed by atoms with van der Waals surface area (Å²) < 4.78 is 10.9. The van der Waals surface area contributed by atoms with Gasteiger partial charge in [-0.2, -0.15) is 0 Å². The number of nitrogens with zero attached hydrogens (tertiary/aromatic N) is 1. The monoisotopic (exact) mass is 277 g/mol. The minimum absolute atomic E-state index is 0.0825. The molecule has 3 aliphatic heterocycles. The Bertz CT molecular complexity index is 496. The molecular formula is C15H19NO4. The zero-order valence-electron chi connectivity index (χ0n) is 11.6. The lowest BCUT2D eigenvalue weighted by molar-refractivity contribution is -0.151. The van der Waals surface area contributed by atoms with Gasteiger partial charge in [0.15, 0.2) is 0 Å². The molecule has 20 heavy (non-hydrogen) atoms. The fourth-order valence-corrected chi connectivity index (χ4v) is 4.46. The van der Waals surface area contributed by atoms with Gasteiger partial charge in [0.1, 0.15) is 11.5 Å². The Kier molecular flexibility index (Phi) is 2.52. The van der Waals surface area contributed by atoms with Crippen molar-refractivity contribution in [3.05, 3.63) is 12.2 Å². The average Bonchev–Trinajstić information content (AvgIpc) is 3.18. The third-order valence-corrected chi connectivity index (χ3v) is 5.37. The van der Waals surface area contributed by atoms with Gasteiger partial charge in [-0.3, -0.25) is 9.59 Å². The summed E-state index contributed by atoms with van der Waals surface area (Å²) in [6, 6.07) is 0.330. The highest BCUT2D eigenvalue weighted by molar-refractivity contribution is 5.91. The summed E-state index contributed by atoms with van der Waals surface area (Å²) in [5, 5.41) is 0. The van der Waals surface area contributed by atoms with Crippen molar-refractivity contribution in [2.24, 2.45) is 11.8 Å². The third-order valence-electron chi connectivity index (χ3n) is 5.37. The van der Waals surface area contributed by atoms with Crippen LogP contribution in [0, 0.1) is 11.8 Å². The first kappa shape index (κ1) is 12.4. The molecule has 5 nitrogen and oxygen atoms in total. The Balaban J connectivity index is 1.67. The van der Waals surface area contributed by atoms with Crippen LogP contribution in [-0.4, -0.2) is 48.2 Å². The molecule has 4 atom stereocenters. The zero-order valence-corrected chi connectivity index (χ0v) is 11.6. The van der Waals surface area contributed by atoms with E-state index in [-0.39, 0.29) is 23.9 Å². The highest BCUT2D eigenvalue weighted by Crippen LogP contribution is 2.53. The first-order chi connectivity index (χ1) is 9.66. The molecule has 1 aliphatic carbocycles. The van der Waals surface area contributed by atoms with Crippen LogP contribution < -0.4 is 0 Å². The van der Waals surface area contributed by atoms with E-state index in [4.69, 9.17) is 9.47 Å². The van der Waals surface area contributed by atoms with E-state index >= 15 is 0 Å². The van der Waals surface area contributed by atoms with Crippen LogP contribution in [0.4, 0.5) is 0 Å². The van der Waals surface area contributed by atoms with Crippen molar-refractivity contribution in [1.29, 1.82) is 0 Å². The predicted molar refractivity (Wildman–Crippen MR) is 69.7 cm³/mol. The van der Waals surface area contributed by atoms with E-state index in [0.717, 1.165) is 12.8 Å². The van der Waals surface area contributed by atoms with Crippen LogP contribution in [0.25, 0.3) is 0 Å². The van der Waals surface area contributed by atoms with Crippen molar-refractivity contribution in [2.45, 2.75) is 43.4 Å². The van der Waals surface area contributed by atoms with E-state index < -0.39 is 11.5 Å². The number of ether oxygens (including phenoxy) is 2. The summed E-state index contributed by atoms with van der Waals surface area (Å²) in [5.74, 6) is -1.10. The second-order valence-electron chi connectivity index (χ2n) is 6.33. The maximum atomic E-state index is 12.8. The molecule has 0 N–H and O–H groups in total. The number of amides is 1. The lowest BCUT2D eigenvalue weighted by Gasteiger charge is -2.26. The SMILES string of the molecule is COC(=O)[C@@H]1[C@H]2C(=O)N(C3CCCC3)C[C@@]23C=C[C@H]1O3. The molecule has 1 saturated carbocycles. The first-order valence-corrected chi connectivity index (χ1v) is 7.42. The van der Waals surface area contributed by atoms with Crippen LogP contribution in [0.2, 0.25) is 0 Å². The van der Waals surface area contributed by atoms with E-state index in [1.54, 1.807) is 0 Å². The molecule has 4 rings (SSSR count). The van der Waals surface area contributed by atoms with E-state index in [1.807, 2.05) is 17.1 Å². The van der Waals surface area contributed by atoms with Gasteiger partial charge in [-0.25, -0.2) is 0 Å². The Labute approximate surface area is 117 Å². The summed E-state index contributed by atoms with van der Waals surface area (Å²) in [6.07, 6.45) is 8.15. The van der Waals surface area contributed by atoms with Gasteiger partial charge in [-0.1, -0.05) is 25.0 Å². The Morgan fingerprint density at radius 1 is 1.45 bits per heavy atom. The zero-order chi connectivity index (χ0) is 13.9. The minimum Gasteiger partial charge on any atom is -0.469 e. The van der Waals surface area contributed by atoms with Crippen LogP contribution in [-0.2, 0) is 19.1 Å². The number of hydrogen-bond acceptors (Lipinski definition) is 4. The van der Waals surface area contributed by atoms with Crippen molar-refractivity contribution in [1.82, 2.24) is 4.90 Å². The Morgan fingerprint density at radius 2 is 2.20 bits per heavy atom. The summed E-state index contributed by atoms with van der Waals surface area (Å²) in [7, 11) is 1.37. The average molecular weight is 277 g/mol. The lowest BCUT2D eigenvalue weighted by atomic mass is 9.77. The van der Waals surface area contributed by atoms with Gasteiger partial charge in [-0.15, -0.1) is 0 Å². The molecule has 0 aromatic heterocycles. The summed E-state index contributed by atoms with van der Waals surface area (Å²) in [6.45, 7) is 0.599. The van der Waals surface area contributed by atoms with Gasteiger partial charge in [0.25, 0.3) is 0 Å². The Hall–Kier alpha value is -1.36. The van der Waals surface area contributed by atoms with Gasteiger partial charge in [-0.05, 0) is 12.8 Å². The largest absolute Gasteiger partial charge is 0.469 e. The molecule has 2 bridgehead atoms. The van der Waals surface area contributed by atoms with E-state index in [9.17, 15) is 9.59 Å². The predicted octanol–water partition coefficient (Wildman–Crippen LogP) is 0.884. The molecule has 0 aromatic rings. The number of esters is 1. The molecule has 2 saturated heterocycles. The van der Waals surface area contributed by atoms with Crippen LogP contribution >= 0.6 is 0 Å². The molecule has 108 valence electrons. The number of fused-ring (bicyclic) bond motifs is 1. The summed E-state index contributed by atoms with van der Waals surface area (Å²) in [5.41, 5.74) is -0.580. The topological polar surface area (TPSA) is 55.8 Å². The minimum atomic E-state index is -0.580. The molecule has 3 fully saturated rings. The number of carbonyl (C=O) groups excluding carboxylic acids is 2. The molecule has 0 unspecified atom stereocenters.